The van der Waals surface area contributed by atoms with Crippen molar-refractivity contribution in [3.05, 3.63) is 65.0 Å². The van der Waals surface area contributed by atoms with Crippen molar-refractivity contribution in [3.8, 4) is 5.75 Å². The second kappa shape index (κ2) is 3.88. The molecule has 0 fully saturated rings. The van der Waals surface area contributed by atoms with E-state index in [-0.39, 0.29) is 11.7 Å². The Morgan fingerprint density at radius 2 is 2.12 bits per heavy atom. The fourth-order valence-corrected chi connectivity index (χ4v) is 2.61. The number of halogens is 1. The van der Waals surface area contributed by atoms with Crippen LogP contribution in [0.1, 0.15) is 29.0 Å². The molecule has 1 aliphatic carbocycles. The van der Waals surface area contributed by atoms with Crippen LogP contribution in [0.5, 0.6) is 5.75 Å². The fraction of sp³-hybridized carbons (Fsp3) is 0.200. The van der Waals surface area contributed by atoms with Crippen LogP contribution in [0, 0.1) is 11.9 Å². The molecular weight excluding hydrogens is 215 g/mol. The summed E-state index contributed by atoms with van der Waals surface area (Å²) in [5.74, 6) is -0.295. The molecule has 1 unspecified atom stereocenters. The van der Waals surface area contributed by atoms with Crippen molar-refractivity contribution >= 4 is 0 Å². The minimum atomic E-state index is -0.447. The normalized spacial score (nSPS) is 18.1. The second-order valence-electron chi connectivity index (χ2n) is 4.41. The first-order valence-electron chi connectivity index (χ1n) is 5.73. The smallest absolute Gasteiger partial charge is 0.127 e. The highest BCUT2D eigenvalue weighted by Crippen LogP contribution is 2.40. The van der Waals surface area contributed by atoms with Crippen molar-refractivity contribution < 1.29 is 9.50 Å². The zero-order valence-electron chi connectivity index (χ0n) is 9.28. The number of benzene rings is 2. The summed E-state index contributed by atoms with van der Waals surface area (Å²) in [6.45, 7) is 0. The summed E-state index contributed by atoms with van der Waals surface area (Å²) in [6, 6.07) is 13.5. The molecule has 0 saturated heterocycles. The third kappa shape index (κ3) is 1.70. The van der Waals surface area contributed by atoms with Gasteiger partial charge in [-0.1, -0.05) is 24.3 Å². The molecule has 0 saturated carbocycles. The van der Waals surface area contributed by atoms with Gasteiger partial charge in [-0.3, -0.25) is 0 Å². The monoisotopic (exact) mass is 227 g/mol. The lowest BCUT2D eigenvalue weighted by molar-refractivity contribution is 0.458. The molecule has 1 aliphatic rings. The molecule has 1 nitrogen and oxygen atoms in total. The van der Waals surface area contributed by atoms with E-state index >= 15 is 0 Å². The first-order chi connectivity index (χ1) is 8.25. The van der Waals surface area contributed by atoms with Gasteiger partial charge in [0.1, 0.15) is 11.6 Å². The number of rotatable bonds is 1. The van der Waals surface area contributed by atoms with E-state index in [2.05, 4.69) is 18.2 Å². The van der Waals surface area contributed by atoms with Gasteiger partial charge in [-0.15, -0.1) is 0 Å². The number of hydrogen-bond donors (Lipinski definition) is 1. The summed E-state index contributed by atoms with van der Waals surface area (Å²) in [5.41, 5.74) is 3.25. The number of aryl methyl sites for hydroxylation is 1. The van der Waals surface area contributed by atoms with Crippen molar-refractivity contribution in [2.75, 3.05) is 0 Å². The number of aromatic hydroxyl groups is 1. The lowest BCUT2D eigenvalue weighted by Crippen LogP contribution is -1.97. The van der Waals surface area contributed by atoms with Crippen molar-refractivity contribution in [1.29, 1.82) is 0 Å². The van der Waals surface area contributed by atoms with Gasteiger partial charge in [0.15, 0.2) is 0 Å². The van der Waals surface area contributed by atoms with Crippen LogP contribution in [0.25, 0.3) is 0 Å². The first-order valence-corrected chi connectivity index (χ1v) is 5.73. The van der Waals surface area contributed by atoms with Gasteiger partial charge in [-0.05, 0) is 36.1 Å². The predicted molar refractivity (Wildman–Crippen MR) is 63.5 cm³/mol. The fourth-order valence-electron chi connectivity index (χ4n) is 2.61. The van der Waals surface area contributed by atoms with E-state index in [0.29, 0.717) is 5.56 Å². The molecule has 3 rings (SSSR count). The molecule has 1 N–H and O–H groups in total. The third-order valence-corrected chi connectivity index (χ3v) is 3.40. The Morgan fingerprint density at radius 3 is 2.94 bits per heavy atom. The van der Waals surface area contributed by atoms with Gasteiger partial charge in [0.2, 0.25) is 0 Å². The average Bonchev–Trinajstić information content (AvgIpc) is 2.73. The van der Waals surface area contributed by atoms with Gasteiger partial charge in [0.25, 0.3) is 0 Å². The van der Waals surface area contributed by atoms with E-state index in [9.17, 15) is 9.50 Å². The quantitative estimate of drug-likeness (QED) is 0.791. The van der Waals surface area contributed by atoms with E-state index in [1.54, 1.807) is 0 Å². The lowest BCUT2D eigenvalue weighted by Gasteiger charge is -2.13. The Kier molecular flexibility index (Phi) is 2.36. The maximum atomic E-state index is 12.9. The topological polar surface area (TPSA) is 20.2 Å². The van der Waals surface area contributed by atoms with E-state index in [1.807, 2.05) is 12.1 Å². The van der Waals surface area contributed by atoms with Gasteiger partial charge in [0, 0.05) is 17.5 Å². The minimum Gasteiger partial charge on any atom is -0.508 e. The molecule has 2 aromatic carbocycles. The van der Waals surface area contributed by atoms with Crippen LogP contribution in [0.3, 0.4) is 0 Å². The Bertz CT molecular complexity index is 563. The van der Waals surface area contributed by atoms with Crippen LogP contribution in [-0.4, -0.2) is 5.11 Å². The summed E-state index contributed by atoms with van der Waals surface area (Å²) in [6.07, 6.45) is 1.96. The maximum absolute atomic E-state index is 12.9. The summed E-state index contributed by atoms with van der Waals surface area (Å²) in [7, 11) is 0. The van der Waals surface area contributed by atoms with Crippen molar-refractivity contribution in [1.82, 2.24) is 0 Å². The van der Waals surface area contributed by atoms with Crippen LogP contribution < -0.4 is 0 Å². The molecule has 0 spiro atoms. The minimum absolute atomic E-state index is 0.00621. The summed E-state index contributed by atoms with van der Waals surface area (Å²) in [5, 5.41) is 9.81. The van der Waals surface area contributed by atoms with E-state index in [4.69, 9.17) is 0 Å². The maximum Gasteiger partial charge on any atom is 0.127 e. The van der Waals surface area contributed by atoms with Crippen molar-refractivity contribution in [2.45, 2.75) is 18.8 Å². The molecule has 2 aromatic rings. The Labute approximate surface area is 99.5 Å². The van der Waals surface area contributed by atoms with Gasteiger partial charge >= 0.3 is 0 Å². The zero-order chi connectivity index (χ0) is 11.8. The third-order valence-electron chi connectivity index (χ3n) is 3.40. The Morgan fingerprint density at radius 1 is 1.29 bits per heavy atom. The van der Waals surface area contributed by atoms with Crippen LogP contribution in [0.4, 0.5) is 4.39 Å². The molecule has 0 bridgehead atoms. The molecule has 17 heavy (non-hydrogen) atoms. The predicted octanol–water partition coefficient (Wildman–Crippen LogP) is 3.41. The lowest BCUT2D eigenvalue weighted by atomic mass is 9.92. The van der Waals surface area contributed by atoms with Crippen molar-refractivity contribution in [3.63, 3.8) is 0 Å². The number of hydrogen-bond acceptors (Lipinski definition) is 1. The Hall–Kier alpha value is -1.83. The highest BCUT2D eigenvalue weighted by molar-refractivity contribution is 5.46. The molecular formula is C15H12FO. The number of fused-ring (bicyclic) bond motifs is 1. The van der Waals surface area contributed by atoms with Gasteiger partial charge in [-0.25, -0.2) is 4.39 Å². The van der Waals surface area contributed by atoms with Crippen LogP contribution in [0.15, 0.2) is 36.4 Å². The van der Waals surface area contributed by atoms with Crippen LogP contribution >= 0.6 is 0 Å². The molecule has 2 heteroatoms. The molecule has 0 aromatic heterocycles. The molecule has 0 aliphatic heterocycles. The van der Waals surface area contributed by atoms with Gasteiger partial charge in [-0.2, -0.15) is 0 Å². The van der Waals surface area contributed by atoms with Gasteiger partial charge in [0.05, 0.1) is 0 Å². The second-order valence-corrected chi connectivity index (χ2v) is 4.41. The largest absolute Gasteiger partial charge is 0.508 e. The SMILES string of the molecule is Oc1cc(F)c[c]c1C1CCc2ccccc21. The summed E-state index contributed by atoms with van der Waals surface area (Å²) < 4.78 is 12.9. The van der Waals surface area contributed by atoms with Crippen LogP contribution in [0.2, 0.25) is 0 Å². The molecule has 85 valence electrons. The molecule has 0 heterocycles. The van der Waals surface area contributed by atoms with Crippen molar-refractivity contribution in [2.24, 2.45) is 0 Å². The molecule has 1 radical (unpaired) electrons. The average molecular weight is 227 g/mol. The van der Waals surface area contributed by atoms with E-state index < -0.39 is 5.82 Å². The van der Waals surface area contributed by atoms with E-state index in [0.717, 1.165) is 18.9 Å². The van der Waals surface area contributed by atoms with Crippen LogP contribution in [-0.2, 0) is 6.42 Å². The number of phenolic OH excluding ortho intramolecular Hbond substituents is 1. The first kappa shape index (κ1) is 10.3. The van der Waals surface area contributed by atoms with Gasteiger partial charge < -0.3 is 5.11 Å². The zero-order valence-corrected chi connectivity index (χ0v) is 9.28. The summed E-state index contributed by atoms with van der Waals surface area (Å²) in [4.78, 5) is 0. The van der Waals surface area contributed by atoms with E-state index in [1.165, 1.54) is 17.2 Å². The standard InChI is InChI=1S/C15H12FO/c16-11-6-8-14(15(17)9-11)13-7-5-10-3-1-2-4-12(10)13/h1-4,6,9,13,17H,5,7H2. The Balaban J connectivity index is 2.07. The molecule has 1 atom stereocenters. The highest BCUT2D eigenvalue weighted by atomic mass is 19.1. The highest BCUT2D eigenvalue weighted by Gasteiger charge is 2.25. The summed E-state index contributed by atoms with van der Waals surface area (Å²) >= 11 is 0. The molecule has 0 amide bonds. The number of phenols is 1.